The first-order valence-electron chi connectivity index (χ1n) is 9.77. The molecule has 1 saturated heterocycles. The number of urea groups is 1. The summed E-state index contributed by atoms with van der Waals surface area (Å²) in [5, 5.41) is 5.84. The lowest BCUT2D eigenvalue weighted by Crippen LogP contribution is -2.43. The Morgan fingerprint density at radius 3 is 2.57 bits per heavy atom. The van der Waals surface area contributed by atoms with Gasteiger partial charge >= 0.3 is 6.03 Å². The maximum absolute atomic E-state index is 12.2. The number of furan rings is 1. The minimum Gasteiger partial charge on any atom is -0.465 e. The van der Waals surface area contributed by atoms with Crippen LogP contribution >= 0.6 is 0 Å². The van der Waals surface area contributed by atoms with E-state index in [1.54, 1.807) is 24.5 Å². The molecule has 6 heteroatoms. The number of benzene rings is 1. The Kier molecular flexibility index (Phi) is 7.29. The van der Waals surface area contributed by atoms with Gasteiger partial charge in [-0.3, -0.25) is 4.79 Å². The molecule has 2 N–H and O–H groups in total. The molecule has 0 radical (unpaired) electrons. The number of amides is 3. The van der Waals surface area contributed by atoms with Crippen LogP contribution in [0, 0.1) is 5.92 Å². The van der Waals surface area contributed by atoms with E-state index in [-0.39, 0.29) is 11.9 Å². The van der Waals surface area contributed by atoms with Crippen molar-refractivity contribution in [1.82, 2.24) is 15.5 Å². The molecule has 1 aromatic heterocycles. The van der Waals surface area contributed by atoms with Gasteiger partial charge in [0.1, 0.15) is 5.76 Å². The number of nitrogens with one attached hydrogen (secondary N) is 2. The number of carbonyl (C=O) groups is 2. The molecule has 1 aromatic carbocycles. The summed E-state index contributed by atoms with van der Waals surface area (Å²) < 4.78 is 5.19. The zero-order valence-corrected chi connectivity index (χ0v) is 16.0. The first-order chi connectivity index (χ1) is 13.7. The smallest absolute Gasteiger partial charge is 0.314 e. The highest BCUT2D eigenvalue weighted by Crippen LogP contribution is 2.17. The van der Waals surface area contributed by atoms with E-state index in [1.165, 1.54) is 5.56 Å². The van der Waals surface area contributed by atoms with Gasteiger partial charge < -0.3 is 20.0 Å². The van der Waals surface area contributed by atoms with E-state index in [1.807, 2.05) is 29.2 Å². The van der Waals surface area contributed by atoms with Gasteiger partial charge in [-0.1, -0.05) is 30.3 Å². The number of hydrogen-bond donors (Lipinski definition) is 2. The van der Waals surface area contributed by atoms with Gasteiger partial charge in [-0.15, -0.1) is 0 Å². The average Bonchev–Trinajstić information content (AvgIpc) is 3.25. The summed E-state index contributed by atoms with van der Waals surface area (Å²) in [7, 11) is 0. The lowest BCUT2D eigenvalue weighted by Gasteiger charge is -2.31. The van der Waals surface area contributed by atoms with Crippen molar-refractivity contribution >= 4 is 18.0 Å². The van der Waals surface area contributed by atoms with Crippen LogP contribution in [0.1, 0.15) is 24.2 Å². The molecule has 0 aliphatic carbocycles. The number of likely N-dealkylation sites (tertiary alicyclic amines) is 1. The Morgan fingerprint density at radius 2 is 1.86 bits per heavy atom. The molecule has 1 aliphatic heterocycles. The predicted octanol–water partition coefficient (Wildman–Crippen LogP) is 3.07. The van der Waals surface area contributed by atoms with Crippen molar-refractivity contribution in [2.24, 2.45) is 5.92 Å². The maximum Gasteiger partial charge on any atom is 0.314 e. The fourth-order valence-electron chi connectivity index (χ4n) is 3.27. The lowest BCUT2D eigenvalue weighted by atomic mass is 9.97. The summed E-state index contributed by atoms with van der Waals surface area (Å²) >= 11 is 0. The monoisotopic (exact) mass is 381 g/mol. The summed E-state index contributed by atoms with van der Waals surface area (Å²) in [6.45, 7) is 2.68. The predicted molar refractivity (Wildman–Crippen MR) is 109 cm³/mol. The summed E-state index contributed by atoms with van der Waals surface area (Å²) in [6.07, 6.45) is 7.43. The first-order valence-corrected chi connectivity index (χ1v) is 9.77. The first kappa shape index (κ1) is 19.7. The topological polar surface area (TPSA) is 74.6 Å². The van der Waals surface area contributed by atoms with E-state index in [0.29, 0.717) is 37.9 Å². The molecule has 2 aromatic rings. The molecule has 0 atom stereocenters. The van der Waals surface area contributed by atoms with Gasteiger partial charge in [-0.2, -0.15) is 0 Å². The van der Waals surface area contributed by atoms with Gasteiger partial charge in [-0.05, 0) is 49.0 Å². The molecule has 1 aliphatic rings. The number of nitrogens with zero attached hydrogens (tertiary/aromatic N) is 1. The van der Waals surface area contributed by atoms with Crippen LogP contribution in [0.25, 0.3) is 6.08 Å². The molecule has 0 spiro atoms. The van der Waals surface area contributed by atoms with Gasteiger partial charge in [-0.25, -0.2) is 4.79 Å². The largest absolute Gasteiger partial charge is 0.465 e. The third-order valence-corrected chi connectivity index (χ3v) is 4.95. The minimum atomic E-state index is -0.129. The molecule has 0 saturated carbocycles. The molecule has 28 heavy (non-hydrogen) atoms. The molecule has 2 heterocycles. The Morgan fingerprint density at radius 1 is 1.07 bits per heavy atom. The van der Waals surface area contributed by atoms with Crippen molar-refractivity contribution in [3.8, 4) is 0 Å². The fourth-order valence-corrected chi connectivity index (χ4v) is 3.27. The van der Waals surface area contributed by atoms with Gasteiger partial charge in [0.25, 0.3) is 0 Å². The van der Waals surface area contributed by atoms with Gasteiger partial charge in [0, 0.05) is 32.3 Å². The quantitative estimate of drug-likeness (QED) is 0.724. The van der Waals surface area contributed by atoms with E-state index in [9.17, 15) is 9.59 Å². The van der Waals surface area contributed by atoms with E-state index in [0.717, 1.165) is 19.3 Å². The zero-order chi connectivity index (χ0) is 19.6. The maximum atomic E-state index is 12.2. The van der Waals surface area contributed by atoms with Crippen LogP contribution in [-0.4, -0.2) is 43.0 Å². The number of carbonyl (C=O) groups excluding carboxylic acids is 2. The van der Waals surface area contributed by atoms with Crippen molar-refractivity contribution in [2.75, 3.05) is 26.2 Å². The van der Waals surface area contributed by atoms with E-state index in [2.05, 4.69) is 22.8 Å². The molecular weight excluding hydrogens is 354 g/mol. The SMILES string of the molecule is O=C(NCCc1ccccc1)NCC1CCN(C(=O)/C=C/c2ccco2)CC1. The zero-order valence-electron chi connectivity index (χ0n) is 16.0. The van der Waals surface area contributed by atoms with E-state index >= 15 is 0 Å². The third-order valence-electron chi connectivity index (χ3n) is 4.95. The van der Waals surface area contributed by atoms with Crippen molar-refractivity contribution in [1.29, 1.82) is 0 Å². The van der Waals surface area contributed by atoms with Crippen LogP contribution in [0.4, 0.5) is 4.79 Å². The molecule has 0 unspecified atom stereocenters. The Bertz CT molecular complexity index is 764. The van der Waals surface area contributed by atoms with Crippen molar-refractivity contribution in [3.05, 3.63) is 66.1 Å². The molecule has 148 valence electrons. The summed E-state index contributed by atoms with van der Waals surface area (Å²) in [4.78, 5) is 26.0. The Hall–Kier alpha value is -3.02. The standard InChI is InChI=1S/C22H27N3O3/c26-21(9-8-20-7-4-16-28-20)25-14-11-19(12-15-25)17-24-22(27)23-13-10-18-5-2-1-3-6-18/h1-9,16,19H,10-15,17H2,(H2,23,24,27)/b9-8+. The highest BCUT2D eigenvalue weighted by molar-refractivity contribution is 5.91. The summed E-state index contributed by atoms with van der Waals surface area (Å²) in [6, 6.07) is 13.6. The normalized spacial score (nSPS) is 14.9. The van der Waals surface area contributed by atoms with Crippen LogP contribution in [0.5, 0.6) is 0 Å². The second kappa shape index (κ2) is 10.3. The highest BCUT2D eigenvalue weighted by Gasteiger charge is 2.21. The molecule has 0 bridgehead atoms. The Balaban J connectivity index is 1.29. The summed E-state index contributed by atoms with van der Waals surface area (Å²) in [5.74, 6) is 1.07. The summed E-state index contributed by atoms with van der Waals surface area (Å²) in [5.41, 5.74) is 1.21. The van der Waals surface area contributed by atoms with Crippen LogP contribution in [0.2, 0.25) is 0 Å². The lowest BCUT2D eigenvalue weighted by molar-refractivity contribution is -0.127. The molecule has 1 fully saturated rings. The number of rotatable bonds is 7. The molecule has 3 rings (SSSR count). The highest BCUT2D eigenvalue weighted by atomic mass is 16.3. The number of hydrogen-bond acceptors (Lipinski definition) is 3. The number of piperidine rings is 1. The third kappa shape index (κ3) is 6.30. The fraction of sp³-hybridized carbons (Fsp3) is 0.364. The second-order valence-corrected chi connectivity index (χ2v) is 6.99. The van der Waals surface area contributed by atoms with E-state index < -0.39 is 0 Å². The van der Waals surface area contributed by atoms with E-state index in [4.69, 9.17) is 4.42 Å². The van der Waals surface area contributed by atoms with Gasteiger partial charge in [0.2, 0.25) is 5.91 Å². The minimum absolute atomic E-state index is 0.00136. The van der Waals surface area contributed by atoms with Crippen LogP contribution in [-0.2, 0) is 11.2 Å². The Labute approximate surface area is 165 Å². The van der Waals surface area contributed by atoms with Gasteiger partial charge in [0.05, 0.1) is 6.26 Å². The molecule has 3 amide bonds. The van der Waals surface area contributed by atoms with Crippen molar-refractivity contribution in [3.63, 3.8) is 0 Å². The van der Waals surface area contributed by atoms with Crippen LogP contribution in [0.15, 0.2) is 59.2 Å². The molecular formula is C22H27N3O3. The van der Waals surface area contributed by atoms with Crippen molar-refractivity contribution in [2.45, 2.75) is 19.3 Å². The average molecular weight is 381 g/mol. The van der Waals surface area contributed by atoms with Crippen molar-refractivity contribution < 1.29 is 14.0 Å². The second-order valence-electron chi connectivity index (χ2n) is 6.99. The molecule has 6 nitrogen and oxygen atoms in total. The van der Waals surface area contributed by atoms with Crippen LogP contribution in [0.3, 0.4) is 0 Å². The van der Waals surface area contributed by atoms with Gasteiger partial charge in [0.15, 0.2) is 0 Å². The van der Waals surface area contributed by atoms with Crippen LogP contribution < -0.4 is 10.6 Å².